The number of nitrogens with one attached hydrogen (secondary N) is 1. The van der Waals surface area contributed by atoms with Crippen molar-refractivity contribution in [1.82, 2.24) is 5.32 Å². The summed E-state index contributed by atoms with van der Waals surface area (Å²) in [6.07, 6.45) is 0. The molecule has 1 amide bonds. The topological polar surface area (TPSA) is 63.2 Å². The highest BCUT2D eigenvalue weighted by molar-refractivity contribution is 8.13. The summed E-state index contributed by atoms with van der Waals surface area (Å²) in [7, 11) is 0.992. The third kappa shape index (κ3) is 4.61. The molecule has 0 aliphatic heterocycles. The fourth-order valence-corrected chi connectivity index (χ4v) is 2.28. The molecule has 4 nitrogen and oxygen atoms in total. The SMILES string of the molecule is CC(C)(C)CNC(=O)c1cc(S(=O)(=O)Cl)cc(F)c1Cl. The molecule has 1 aromatic carbocycles. The molecule has 0 bridgehead atoms. The maximum Gasteiger partial charge on any atom is 0.261 e. The van der Waals surface area contributed by atoms with Crippen molar-refractivity contribution in [3.05, 3.63) is 28.5 Å². The van der Waals surface area contributed by atoms with Gasteiger partial charge in [-0.25, -0.2) is 12.8 Å². The van der Waals surface area contributed by atoms with Crippen LogP contribution in [0, 0.1) is 11.2 Å². The maximum absolute atomic E-state index is 13.6. The van der Waals surface area contributed by atoms with E-state index in [0.29, 0.717) is 12.6 Å². The molecule has 0 radical (unpaired) electrons. The van der Waals surface area contributed by atoms with Crippen molar-refractivity contribution in [2.24, 2.45) is 5.41 Å². The first-order valence-electron chi connectivity index (χ1n) is 5.64. The summed E-state index contributed by atoms with van der Waals surface area (Å²) in [5.74, 6) is -1.68. The van der Waals surface area contributed by atoms with E-state index in [-0.39, 0.29) is 11.0 Å². The number of carbonyl (C=O) groups is 1. The Hall–Kier alpha value is -0.850. The summed E-state index contributed by atoms with van der Waals surface area (Å²) < 4.78 is 36.0. The first kappa shape index (κ1) is 17.2. The third-order valence-electron chi connectivity index (χ3n) is 2.31. The minimum atomic E-state index is -4.15. The molecule has 1 rings (SSSR count). The zero-order valence-corrected chi connectivity index (χ0v) is 13.5. The van der Waals surface area contributed by atoms with Crippen LogP contribution < -0.4 is 5.32 Å². The fraction of sp³-hybridized carbons (Fsp3) is 0.417. The van der Waals surface area contributed by atoms with Gasteiger partial charge in [0.25, 0.3) is 15.0 Å². The van der Waals surface area contributed by atoms with Crippen LogP contribution in [0.4, 0.5) is 4.39 Å². The van der Waals surface area contributed by atoms with Crippen LogP contribution in [-0.4, -0.2) is 20.9 Å². The van der Waals surface area contributed by atoms with E-state index in [1.165, 1.54) is 0 Å². The number of rotatable bonds is 3. The van der Waals surface area contributed by atoms with Gasteiger partial charge in [0.05, 0.1) is 15.5 Å². The number of hydrogen-bond donors (Lipinski definition) is 1. The lowest BCUT2D eigenvalue weighted by Gasteiger charge is -2.19. The highest BCUT2D eigenvalue weighted by atomic mass is 35.7. The van der Waals surface area contributed by atoms with Crippen LogP contribution in [-0.2, 0) is 9.05 Å². The van der Waals surface area contributed by atoms with E-state index in [4.69, 9.17) is 22.3 Å². The van der Waals surface area contributed by atoms with E-state index in [1.54, 1.807) is 0 Å². The standard InChI is InChI=1S/C12H14Cl2FNO3S/c1-12(2,3)6-16-11(17)8-4-7(20(14,18)19)5-9(15)10(8)13/h4-5H,6H2,1-3H3,(H,16,17). The summed E-state index contributed by atoms with van der Waals surface area (Å²) in [6.45, 7) is 6.01. The molecule has 0 aromatic heterocycles. The van der Waals surface area contributed by atoms with E-state index in [2.05, 4.69) is 5.32 Å². The number of carbonyl (C=O) groups excluding carboxylic acids is 1. The molecule has 0 saturated heterocycles. The van der Waals surface area contributed by atoms with Crippen LogP contribution in [0.2, 0.25) is 5.02 Å². The van der Waals surface area contributed by atoms with Gasteiger partial charge >= 0.3 is 0 Å². The molecular formula is C12H14Cl2FNO3S. The number of hydrogen-bond acceptors (Lipinski definition) is 3. The van der Waals surface area contributed by atoms with Gasteiger partial charge in [0.15, 0.2) is 0 Å². The molecule has 0 aliphatic carbocycles. The first-order valence-corrected chi connectivity index (χ1v) is 8.32. The molecule has 112 valence electrons. The Balaban J connectivity index is 3.18. The summed E-state index contributed by atoms with van der Waals surface area (Å²) in [5.41, 5.74) is -0.452. The monoisotopic (exact) mass is 341 g/mol. The number of amides is 1. The summed E-state index contributed by atoms with van der Waals surface area (Å²) >= 11 is 5.69. The minimum Gasteiger partial charge on any atom is -0.351 e. The highest BCUT2D eigenvalue weighted by Crippen LogP contribution is 2.26. The summed E-state index contributed by atoms with van der Waals surface area (Å²) in [4.78, 5) is 11.4. The van der Waals surface area contributed by atoms with Crippen molar-refractivity contribution in [2.45, 2.75) is 25.7 Å². The van der Waals surface area contributed by atoms with Gasteiger partial charge < -0.3 is 5.32 Å². The lowest BCUT2D eigenvalue weighted by atomic mass is 9.97. The van der Waals surface area contributed by atoms with E-state index in [9.17, 15) is 17.6 Å². The Labute approximate surface area is 126 Å². The molecular weight excluding hydrogens is 328 g/mol. The number of halogens is 3. The molecule has 0 spiro atoms. The van der Waals surface area contributed by atoms with Gasteiger partial charge in [0, 0.05) is 17.2 Å². The van der Waals surface area contributed by atoms with E-state index in [1.807, 2.05) is 20.8 Å². The van der Waals surface area contributed by atoms with Gasteiger partial charge in [-0.1, -0.05) is 32.4 Å². The Morgan fingerprint density at radius 3 is 2.35 bits per heavy atom. The maximum atomic E-state index is 13.6. The van der Waals surface area contributed by atoms with Crippen LogP contribution in [0.5, 0.6) is 0 Å². The molecule has 20 heavy (non-hydrogen) atoms. The quantitative estimate of drug-likeness (QED) is 0.858. The van der Waals surface area contributed by atoms with E-state index >= 15 is 0 Å². The van der Waals surface area contributed by atoms with Gasteiger partial charge in [-0.3, -0.25) is 4.79 Å². The molecule has 0 unspecified atom stereocenters. The van der Waals surface area contributed by atoms with Crippen molar-refractivity contribution in [1.29, 1.82) is 0 Å². The molecule has 0 aliphatic rings. The predicted octanol–water partition coefficient (Wildman–Crippen LogP) is 3.18. The molecule has 8 heteroatoms. The largest absolute Gasteiger partial charge is 0.351 e. The normalized spacial score (nSPS) is 12.3. The molecule has 0 fully saturated rings. The van der Waals surface area contributed by atoms with Crippen LogP contribution in [0.1, 0.15) is 31.1 Å². The zero-order valence-electron chi connectivity index (χ0n) is 11.1. The van der Waals surface area contributed by atoms with Crippen LogP contribution >= 0.6 is 22.3 Å². The van der Waals surface area contributed by atoms with Crippen molar-refractivity contribution in [3.63, 3.8) is 0 Å². The summed E-state index contributed by atoms with van der Waals surface area (Å²) in [5, 5.41) is 2.11. The average Bonchev–Trinajstić information content (AvgIpc) is 2.27. The second-order valence-corrected chi connectivity index (χ2v) is 8.39. The number of benzene rings is 1. The molecule has 0 heterocycles. The molecule has 0 saturated carbocycles. The van der Waals surface area contributed by atoms with Crippen molar-refractivity contribution >= 4 is 37.2 Å². The van der Waals surface area contributed by atoms with Crippen LogP contribution in [0.3, 0.4) is 0 Å². The van der Waals surface area contributed by atoms with Crippen molar-refractivity contribution < 1.29 is 17.6 Å². The smallest absolute Gasteiger partial charge is 0.261 e. The van der Waals surface area contributed by atoms with Gasteiger partial charge in [0.2, 0.25) is 0 Å². The second kappa shape index (κ2) is 5.87. The van der Waals surface area contributed by atoms with Crippen LogP contribution in [0.25, 0.3) is 0 Å². The van der Waals surface area contributed by atoms with Crippen molar-refractivity contribution in [3.8, 4) is 0 Å². The van der Waals surface area contributed by atoms with E-state index < -0.39 is 30.7 Å². The lowest BCUT2D eigenvalue weighted by Crippen LogP contribution is -2.32. The van der Waals surface area contributed by atoms with Gasteiger partial charge in [-0.2, -0.15) is 0 Å². The van der Waals surface area contributed by atoms with E-state index in [0.717, 1.165) is 6.07 Å². The van der Waals surface area contributed by atoms with Gasteiger partial charge in [0.1, 0.15) is 5.82 Å². The first-order chi connectivity index (χ1) is 8.92. The molecule has 0 atom stereocenters. The lowest BCUT2D eigenvalue weighted by molar-refractivity contribution is 0.0939. The molecule has 1 N–H and O–H groups in total. The highest BCUT2D eigenvalue weighted by Gasteiger charge is 2.21. The molecule has 1 aromatic rings. The Kier molecular flexibility index (Phi) is 5.05. The second-order valence-electron chi connectivity index (χ2n) is 5.45. The Bertz CT molecular complexity index is 639. The van der Waals surface area contributed by atoms with Gasteiger partial charge in [-0.05, 0) is 17.5 Å². The Morgan fingerprint density at radius 2 is 1.90 bits per heavy atom. The van der Waals surface area contributed by atoms with Gasteiger partial charge in [-0.15, -0.1) is 0 Å². The summed E-state index contributed by atoms with van der Waals surface area (Å²) in [6, 6.07) is 1.62. The van der Waals surface area contributed by atoms with Crippen LogP contribution in [0.15, 0.2) is 17.0 Å². The fourth-order valence-electron chi connectivity index (χ4n) is 1.31. The van der Waals surface area contributed by atoms with Crippen molar-refractivity contribution in [2.75, 3.05) is 6.54 Å². The third-order valence-corrected chi connectivity index (χ3v) is 4.02. The predicted molar refractivity (Wildman–Crippen MR) is 76.2 cm³/mol. The minimum absolute atomic E-state index is 0.184. The zero-order chi connectivity index (χ0) is 15.7. The average molecular weight is 342 g/mol. The Morgan fingerprint density at radius 1 is 1.35 bits per heavy atom.